The third-order valence-electron chi connectivity index (χ3n) is 2.18. The third kappa shape index (κ3) is 2.84. The average Bonchev–Trinajstić information content (AvgIpc) is 2.35. The number of carboxylic acid groups (broad SMARTS) is 1. The van der Waals surface area contributed by atoms with Gasteiger partial charge >= 0.3 is 5.97 Å². The highest BCUT2D eigenvalue weighted by Crippen LogP contribution is 2.16. The number of aliphatic carboxylic acids is 1. The second-order valence-electron chi connectivity index (χ2n) is 3.20. The normalized spacial score (nSPS) is 11.4. The third-order valence-corrected chi connectivity index (χ3v) is 2.18. The molecule has 0 aliphatic heterocycles. The fourth-order valence-corrected chi connectivity index (χ4v) is 1.42. The Balaban J connectivity index is 3.29. The highest BCUT2D eigenvalue weighted by molar-refractivity contribution is 6.41. The first-order chi connectivity index (χ1) is 8.11. The van der Waals surface area contributed by atoms with Crippen LogP contribution in [0, 0.1) is 5.41 Å². The van der Waals surface area contributed by atoms with E-state index in [0.29, 0.717) is 5.70 Å². The van der Waals surface area contributed by atoms with Crippen LogP contribution < -0.4 is 5.32 Å². The van der Waals surface area contributed by atoms with Crippen molar-refractivity contribution in [1.82, 2.24) is 5.32 Å². The molecule has 0 unspecified atom stereocenters. The maximum absolute atomic E-state index is 10.8. The molecule has 1 rings (SSSR count). The first-order valence-electron chi connectivity index (χ1n) is 4.95. The van der Waals surface area contributed by atoms with E-state index in [2.05, 4.69) is 5.32 Å². The molecule has 3 N–H and O–H groups in total. The standard InChI is InChI=1S/C12H14N2O3/c1-14-10(8-6-4-3-5-7-8)11(17-2)9(13)12(15)16/h3-7,13-14H,1-2H3,(H,15,16)/b11-10+,13-9?. The molecule has 0 saturated carbocycles. The monoisotopic (exact) mass is 234 g/mol. The maximum Gasteiger partial charge on any atom is 0.357 e. The van der Waals surface area contributed by atoms with Crippen LogP contribution in [-0.2, 0) is 9.53 Å². The van der Waals surface area contributed by atoms with E-state index < -0.39 is 11.7 Å². The fourth-order valence-electron chi connectivity index (χ4n) is 1.42. The second-order valence-corrected chi connectivity index (χ2v) is 3.20. The zero-order valence-electron chi connectivity index (χ0n) is 9.65. The van der Waals surface area contributed by atoms with Gasteiger partial charge in [0.2, 0.25) is 0 Å². The SMILES string of the molecule is CN/C(=C(/OC)C(=N)C(=O)O)c1ccccc1. The molecule has 0 saturated heterocycles. The number of ether oxygens (including phenoxy) is 1. The molecule has 0 heterocycles. The molecular weight excluding hydrogens is 220 g/mol. The highest BCUT2D eigenvalue weighted by atomic mass is 16.5. The number of hydrogen-bond donors (Lipinski definition) is 3. The summed E-state index contributed by atoms with van der Waals surface area (Å²) >= 11 is 0. The molecule has 0 aromatic heterocycles. The molecule has 0 bridgehead atoms. The van der Waals surface area contributed by atoms with E-state index in [1.54, 1.807) is 19.2 Å². The number of hydrogen-bond acceptors (Lipinski definition) is 4. The summed E-state index contributed by atoms with van der Waals surface area (Å²) in [5.74, 6) is -1.32. The Morgan fingerprint density at radius 1 is 1.35 bits per heavy atom. The molecule has 0 amide bonds. The van der Waals surface area contributed by atoms with Gasteiger partial charge in [-0.05, 0) is 0 Å². The Labute approximate surface area is 99.2 Å². The van der Waals surface area contributed by atoms with Gasteiger partial charge in [0, 0.05) is 12.6 Å². The van der Waals surface area contributed by atoms with Gasteiger partial charge in [-0.3, -0.25) is 5.41 Å². The largest absolute Gasteiger partial charge is 0.492 e. The molecule has 0 fully saturated rings. The molecule has 0 aliphatic carbocycles. The van der Waals surface area contributed by atoms with Crippen molar-refractivity contribution >= 4 is 17.4 Å². The van der Waals surface area contributed by atoms with Crippen LogP contribution in [0.5, 0.6) is 0 Å². The van der Waals surface area contributed by atoms with Crippen LogP contribution in [0.4, 0.5) is 0 Å². The zero-order chi connectivity index (χ0) is 12.8. The van der Waals surface area contributed by atoms with Crippen molar-refractivity contribution in [2.45, 2.75) is 0 Å². The molecular formula is C12H14N2O3. The van der Waals surface area contributed by atoms with Crippen LogP contribution in [0.1, 0.15) is 5.56 Å². The van der Waals surface area contributed by atoms with Crippen molar-refractivity contribution in [2.75, 3.05) is 14.2 Å². The summed E-state index contributed by atoms with van der Waals surface area (Å²) in [5.41, 5.74) is 0.652. The molecule has 5 heteroatoms. The smallest absolute Gasteiger partial charge is 0.357 e. The molecule has 90 valence electrons. The van der Waals surface area contributed by atoms with E-state index in [0.717, 1.165) is 5.56 Å². The lowest BCUT2D eigenvalue weighted by molar-refractivity contribution is -0.129. The van der Waals surface area contributed by atoms with E-state index >= 15 is 0 Å². The number of benzene rings is 1. The minimum atomic E-state index is -1.33. The Kier molecular flexibility index (Phi) is 4.28. The molecule has 0 atom stereocenters. The highest BCUT2D eigenvalue weighted by Gasteiger charge is 2.19. The van der Waals surface area contributed by atoms with E-state index in [4.69, 9.17) is 15.3 Å². The lowest BCUT2D eigenvalue weighted by Crippen LogP contribution is -2.21. The minimum Gasteiger partial charge on any atom is -0.492 e. The Morgan fingerprint density at radius 2 is 1.94 bits per heavy atom. The van der Waals surface area contributed by atoms with Gasteiger partial charge in [-0.2, -0.15) is 0 Å². The first-order valence-corrected chi connectivity index (χ1v) is 4.95. The molecule has 1 aromatic carbocycles. The summed E-state index contributed by atoms with van der Waals surface area (Å²) in [5, 5.41) is 19.1. The van der Waals surface area contributed by atoms with Crippen molar-refractivity contribution in [1.29, 1.82) is 5.41 Å². The van der Waals surface area contributed by atoms with Crippen LogP contribution in [0.25, 0.3) is 5.70 Å². The molecule has 0 spiro atoms. The van der Waals surface area contributed by atoms with Crippen molar-refractivity contribution in [3.63, 3.8) is 0 Å². The number of methoxy groups -OCH3 is 1. The van der Waals surface area contributed by atoms with Gasteiger partial charge in [0.15, 0.2) is 11.5 Å². The van der Waals surface area contributed by atoms with Gasteiger partial charge in [-0.1, -0.05) is 30.3 Å². The second kappa shape index (κ2) is 5.69. The van der Waals surface area contributed by atoms with E-state index in [9.17, 15) is 4.79 Å². The van der Waals surface area contributed by atoms with Crippen LogP contribution >= 0.6 is 0 Å². The summed E-state index contributed by atoms with van der Waals surface area (Å²) in [6.07, 6.45) is 0. The summed E-state index contributed by atoms with van der Waals surface area (Å²) in [6.45, 7) is 0. The topological polar surface area (TPSA) is 82.4 Å². The van der Waals surface area contributed by atoms with E-state index in [1.807, 2.05) is 18.2 Å². The molecule has 0 radical (unpaired) electrons. The Hall–Kier alpha value is -2.30. The molecule has 5 nitrogen and oxygen atoms in total. The minimum absolute atomic E-state index is 0.00574. The van der Waals surface area contributed by atoms with Gasteiger partial charge in [-0.15, -0.1) is 0 Å². The average molecular weight is 234 g/mol. The Morgan fingerprint density at radius 3 is 2.35 bits per heavy atom. The quantitative estimate of drug-likeness (QED) is 0.530. The van der Waals surface area contributed by atoms with E-state index in [1.165, 1.54) is 7.11 Å². The predicted molar refractivity (Wildman–Crippen MR) is 64.8 cm³/mol. The maximum atomic E-state index is 10.8. The summed E-state index contributed by atoms with van der Waals surface area (Å²) < 4.78 is 4.99. The lowest BCUT2D eigenvalue weighted by Gasteiger charge is -2.13. The molecule has 17 heavy (non-hydrogen) atoms. The van der Waals surface area contributed by atoms with Crippen molar-refractivity contribution in [3.05, 3.63) is 41.7 Å². The van der Waals surface area contributed by atoms with Gasteiger partial charge in [-0.25, -0.2) is 4.79 Å². The van der Waals surface area contributed by atoms with Crippen LogP contribution in [0.15, 0.2) is 36.1 Å². The fraction of sp³-hybridized carbons (Fsp3) is 0.167. The summed E-state index contributed by atoms with van der Waals surface area (Å²) in [6, 6.07) is 9.11. The first kappa shape index (κ1) is 12.8. The summed E-state index contributed by atoms with van der Waals surface area (Å²) in [4.78, 5) is 10.8. The lowest BCUT2D eigenvalue weighted by atomic mass is 10.1. The number of nitrogens with one attached hydrogen (secondary N) is 2. The zero-order valence-corrected chi connectivity index (χ0v) is 9.65. The predicted octanol–water partition coefficient (Wildman–Crippen LogP) is 1.33. The van der Waals surface area contributed by atoms with Gasteiger partial charge in [0.05, 0.1) is 12.8 Å². The van der Waals surface area contributed by atoms with Crippen LogP contribution in [-0.4, -0.2) is 30.9 Å². The van der Waals surface area contributed by atoms with Crippen molar-refractivity contribution < 1.29 is 14.6 Å². The summed E-state index contributed by atoms with van der Waals surface area (Å²) in [7, 11) is 2.99. The van der Waals surface area contributed by atoms with E-state index in [-0.39, 0.29) is 5.76 Å². The van der Waals surface area contributed by atoms with Crippen LogP contribution in [0.2, 0.25) is 0 Å². The number of carbonyl (C=O) groups is 1. The van der Waals surface area contributed by atoms with Crippen molar-refractivity contribution in [2.24, 2.45) is 0 Å². The van der Waals surface area contributed by atoms with Gasteiger partial charge < -0.3 is 15.2 Å². The Bertz CT molecular complexity index is 452. The number of carboxylic acids is 1. The van der Waals surface area contributed by atoms with Crippen molar-refractivity contribution in [3.8, 4) is 0 Å². The van der Waals surface area contributed by atoms with Crippen LogP contribution in [0.3, 0.4) is 0 Å². The van der Waals surface area contributed by atoms with Gasteiger partial charge in [0.1, 0.15) is 0 Å². The molecule has 0 aliphatic rings. The molecule has 1 aromatic rings. The number of rotatable bonds is 5. The van der Waals surface area contributed by atoms with Gasteiger partial charge in [0.25, 0.3) is 0 Å².